The molecule has 1 unspecified atom stereocenters. The van der Waals surface area contributed by atoms with Gasteiger partial charge in [0.15, 0.2) is 0 Å². The Labute approximate surface area is 122 Å². The van der Waals surface area contributed by atoms with Crippen LogP contribution in [-0.4, -0.2) is 5.91 Å². The molecular weight excluding hydrogens is 281 g/mol. The van der Waals surface area contributed by atoms with Gasteiger partial charge in [0, 0.05) is 12.1 Å². The van der Waals surface area contributed by atoms with Crippen LogP contribution in [0.15, 0.2) is 18.2 Å². The van der Waals surface area contributed by atoms with E-state index in [0.717, 1.165) is 6.07 Å². The molecule has 0 bridgehead atoms. The Morgan fingerprint density at radius 1 is 1.29 bits per heavy atom. The van der Waals surface area contributed by atoms with Gasteiger partial charge >= 0.3 is 6.18 Å². The third-order valence-corrected chi connectivity index (χ3v) is 3.59. The first-order chi connectivity index (χ1) is 9.41. The van der Waals surface area contributed by atoms with Crippen molar-refractivity contribution < 1.29 is 18.0 Å². The third-order valence-electron chi connectivity index (χ3n) is 3.59. The second-order valence-corrected chi connectivity index (χ2v) is 6.32. The van der Waals surface area contributed by atoms with Gasteiger partial charge in [-0.05, 0) is 29.5 Å². The maximum Gasteiger partial charge on any atom is 0.418 e. The molecule has 0 spiro atoms. The minimum Gasteiger partial charge on any atom is -0.399 e. The highest BCUT2D eigenvalue weighted by molar-refractivity contribution is 5.92. The van der Waals surface area contributed by atoms with E-state index in [1.54, 1.807) is 0 Å². The maximum absolute atomic E-state index is 12.9. The molecule has 21 heavy (non-hydrogen) atoms. The van der Waals surface area contributed by atoms with Gasteiger partial charge in [0.25, 0.3) is 0 Å². The molecular formula is C15H21F3N2O. The van der Waals surface area contributed by atoms with E-state index in [1.165, 1.54) is 12.1 Å². The van der Waals surface area contributed by atoms with Gasteiger partial charge in [-0.1, -0.05) is 27.7 Å². The lowest BCUT2D eigenvalue weighted by Crippen LogP contribution is -2.24. The van der Waals surface area contributed by atoms with Crippen molar-refractivity contribution in [2.45, 2.75) is 40.3 Å². The smallest absolute Gasteiger partial charge is 0.399 e. The molecule has 3 N–H and O–H groups in total. The molecule has 6 heteroatoms. The van der Waals surface area contributed by atoms with E-state index in [1.807, 2.05) is 27.7 Å². The van der Waals surface area contributed by atoms with Crippen LogP contribution in [0, 0.1) is 11.3 Å². The number of nitrogens with one attached hydrogen (secondary N) is 1. The second-order valence-electron chi connectivity index (χ2n) is 6.32. The number of benzene rings is 1. The predicted octanol–water partition coefficient (Wildman–Crippen LogP) is 4.30. The lowest BCUT2D eigenvalue weighted by atomic mass is 9.80. The lowest BCUT2D eigenvalue weighted by Gasteiger charge is -2.26. The summed E-state index contributed by atoms with van der Waals surface area (Å²) in [4.78, 5) is 11.9. The molecule has 118 valence electrons. The Kier molecular flexibility index (Phi) is 4.91. The highest BCUT2D eigenvalue weighted by Gasteiger charge is 2.34. The molecule has 0 aliphatic carbocycles. The van der Waals surface area contributed by atoms with E-state index in [9.17, 15) is 18.0 Å². The molecule has 0 saturated heterocycles. The van der Waals surface area contributed by atoms with Crippen molar-refractivity contribution in [2.24, 2.45) is 11.3 Å². The monoisotopic (exact) mass is 302 g/mol. The predicted molar refractivity (Wildman–Crippen MR) is 77.7 cm³/mol. The van der Waals surface area contributed by atoms with Gasteiger partial charge in [0.1, 0.15) is 0 Å². The fourth-order valence-electron chi connectivity index (χ4n) is 1.69. The summed E-state index contributed by atoms with van der Waals surface area (Å²) >= 11 is 0. The fourth-order valence-corrected chi connectivity index (χ4v) is 1.69. The largest absolute Gasteiger partial charge is 0.418 e. The van der Waals surface area contributed by atoms with Gasteiger partial charge in [-0.15, -0.1) is 0 Å². The maximum atomic E-state index is 12.9. The molecule has 0 heterocycles. The molecule has 1 atom stereocenters. The quantitative estimate of drug-likeness (QED) is 0.818. The summed E-state index contributed by atoms with van der Waals surface area (Å²) in [5, 5.41) is 2.33. The second kappa shape index (κ2) is 5.95. The van der Waals surface area contributed by atoms with Crippen LogP contribution in [0.4, 0.5) is 24.5 Å². The minimum atomic E-state index is -4.56. The summed E-state index contributed by atoms with van der Waals surface area (Å²) in [6.45, 7) is 7.84. The zero-order chi connectivity index (χ0) is 16.4. The SMILES string of the molecule is CC(CC(=O)Nc1ccc(N)cc1C(F)(F)F)C(C)(C)C. The Balaban J connectivity index is 2.91. The van der Waals surface area contributed by atoms with E-state index in [0.29, 0.717) is 0 Å². The average Bonchev–Trinajstić information content (AvgIpc) is 2.28. The minimum absolute atomic E-state index is 0.00313. The Hall–Kier alpha value is -1.72. The number of carbonyl (C=O) groups is 1. The fraction of sp³-hybridized carbons (Fsp3) is 0.533. The van der Waals surface area contributed by atoms with E-state index in [2.05, 4.69) is 5.32 Å². The van der Waals surface area contributed by atoms with Crippen LogP contribution < -0.4 is 11.1 Å². The van der Waals surface area contributed by atoms with Gasteiger partial charge in [-0.2, -0.15) is 13.2 Å². The van der Waals surface area contributed by atoms with Crippen molar-refractivity contribution in [3.63, 3.8) is 0 Å². The highest BCUT2D eigenvalue weighted by Crippen LogP contribution is 2.36. The molecule has 3 nitrogen and oxygen atoms in total. The van der Waals surface area contributed by atoms with E-state index < -0.39 is 17.6 Å². The standard InChI is InChI=1S/C15H21F3N2O/c1-9(14(2,3)4)7-13(21)20-12-6-5-10(19)8-11(12)15(16,17)18/h5-6,8-9H,7,19H2,1-4H3,(H,20,21). The van der Waals surface area contributed by atoms with Gasteiger partial charge in [0.05, 0.1) is 11.3 Å². The summed E-state index contributed by atoms with van der Waals surface area (Å²) in [6.07, 6.45) is -4.40. The van der Waals surface area contributed by atoms with Gasteiger partial charge < -0.3 is 11.1 Å². The van der Waals surface area contributed by atoms with Crippen molar-refractivity contribution in [3.8, 4) is 0 Å². The van der Waals surface area contributed by atoms with Crippen LogP contribution in [0.2, 0.25) is 0 Å². The Bertz CT molecular complexity index is 519. The normalized spacial score (nSPS) is 13.9. The number of carbonyl (C=O) groups excluding carboxylic acids is 1. The topological polar surface area (TPSA) is 55.1 Å². The van der Waals surface area contributed by atoms with Crippen LogP contribution in [0.5, 0.6) is 0 Å². The number of halogens is 3. The molecule has 0 aromatic heterocycles. The summed E-state index contributed by atoms with van der Waals surface area (Å²) in [6, 6.07) is 3.33. The zero-order valence-corrected chi connectivity index (χ0v) is 12.6. The summed E-state index contributed by atoms with van der Waals surface area (Å²) in [5.41, 5.74) is 4.10. The molecule has 1 aromatic carbocycles. The number of nitrogen functional groups attached to an aromatic ring is 1. The van der Waals surface area contributed by atoms with Crippen molar-refractivity contribution in [3.05, 3.63) is 23.8 Å². The number of hydrogen-bond donors (Lipinski definition) is 2. The first kappa shape index (κ1) is 17.3. The molecule has 1 amide bonds. The van der Waals surface area contributed by atoms with Crippen molar-refractivity contribution in [1.82, 2.24) is 0 Å². The highest BCUT2D eigenvalue weighted by atomic mass is 19.4. The molecule has 0 saturated carbocycles. The van der Waals surface area contributed by atoms with Crippen LogP contribution in [0.1, 0.15) is 39.7 Å². The van der Waals surface area contributed by atoms with Gasteiger partial charge in [-0.25, -0.2) is 0 Å². The summed E-state index contributed by atoms with van der Waals surface area (Å²) in [7, 11) is 0. The number of amides is 1. The number of rotatable bonds is 3. The summed E-state index contributed by atoms with van der Waals surface area (Å²) < 4.78 is 38.8. The number of anilines is 2. The van der Waals surface area contributed by atoms with Crippen molar-refractivity contribution >= 4 is 17.3 Å². The Morgan fingerprint density at radius 2 is 1.86 bits per heavy atom. The Morgan fingerprint density at radius 3 is 2.33 bits per heavy atom. The van der Waals surface area contributed by atoms with E-state index in [-0.39, 0.29) is 29.1 Å². The third kappa shape index (κ3) is 4.95. The van der Waals surface area contributed by atoms with Gasteiger partial charge in [-0.3, -0.25) is 4.79 Å². The average molecular weight is 302 g/mol. The van der Waals surface area contributed by atoms with Gasteiger partial charge in [0.2, 0.25) is 5.91 Å². The van der Waals surface area contributed by atoms with E-state index >= 15 is 0 Å². The first-order valence-electron chi connectivity index (χ1n) is 6.68. The van der Waals surface area contributed by atoms with Crippen molar-refractivity contribution in [1.29, 1.82) is 0 Å². The van der Waals surface area contributed by atoms with Crippen molar-refractivity contribution in [2.75, 3.05) is 11.1 Å². The number of alkyl halides is 3. The van der Waals surface area contributed by atoms with Crippen LogP contribution in [0.25, 0.3) is 0 Å². The first-order valence-corrected chi connectivity index (χ1v) is 6.68. The molecule has 0 aliphatic rings. The molecule has 1 rings (SSSR count). The van der Waals surface area contributed by atoms with Crippen LogP contribution in [0.3, 0.4) is 0 Å². The summed E-state index contributed by atoms with van der Waals surface area (Å²) in [5.74, 6) is -0.395. The number of nitrogens with two attached hydrogens (primary N) is 1. The molecule has 1 aromatic rings. The van der Waals surface area contributed by atoms with Crippen LogP contribution in [-0.2, 0) is 11.0 Å². The molecule has 0 aliphatic heterocycles. The molecule has 0 radical (unpaired) electrons. The van der Waals surface area contributed by atoms with E-state index in [4.69, 9.17) is 5.73 Å². The lowest BCUT2D eigenvalue weighted by molar-refractivity contribution is -0.136. The molecule has 0 fully saturated rings. The van der Waals surface area contributed by atoms with Crippen LogP contribution >= 0.6 is 0 Å². The zero-order valence-electron chi connectivity index (χ0n) is 12.6. The number of hydrogen-bond acceptors (Lipinski definition) is 2.